The molecule has 0 bridgehead atoms. The van der Waals surface area contributed by atoms with Gasteiger partial charge in [0, 0.05) is 19.6 Å². The molecule has 1 fully saturated rings. The molecule has 0 aliphatic carbocycles. The van der Waals surface area contributed by atoms with Crippen LogP contribution in [0.1, 0.15) is 41.0 Å². The van der Waals surface area contributed by atoms with Crippen LogP contribution in [0.15, 0.2) is 23.0 Å². The third kappa shape index (κ3) is 3.40. The zero-order valence-corrected chi connectivity index (χ0v) is 11.4. The van der Waals surface area contributed by atoms with E-state index in [4.69, 9.17) is 9.26 Å². The van der Waals surface area contributed by atoms with Gasteiger partial charge in [0.05, 0.1) is 18.0 Å². The van der Waals surface area contributed by atoms with Gasteiger partial charge < -0.3 is 14.6 Å². The molecule has 8 heteroatoms. The van der Waals surface area contributed by atoms with Crippen LogP contribution >= 0.6 is 0 Å². The molecule has 21 heavy (non-hydrogen) atoms. The molecule has 1 unspecified atom stereocenters. The van der Waals surface area contributed by atoms with Gasteiger partial charge in [0.15, 0.2) is 5.82 Å². The summed E-state index contributed by atoms with van der Waals surface area (Å²) >= 11 is 0. The van der Waals surface area contributed by atoms with Gasteiger partial charge in [0.1, 0.15) is 6.10 Å². The highest BCUT2D eigenvalue weighted by atomic mass is 16.5. The lowest BCUT2D eigenvalue weighted by Gasteiger charge is -2.02. The number of hydrogen-bond acceptors (Lipinski definition) is 7. The summed E-state index contributed by atoms with van der Waals surface area (Å²) in [5.41, 5.74) is 0.471. The zero-order valence-electron chi connectivity index (χ0n) is 11.4. The summed E-state index contributed by atoms with van der Waals surface area (Å²) < 4.78 is 10.6. The third-order valence-corrected chi connectivity index (χ3v) is 3.17. The van der Waals surface area contributed by atoms with E-state index >= 15 is 0 Å². The van der Waals surface area contributed by atoms with Gasteiger partial charge in [0.2, 0.25) is 0 Å². The number of nitrogens with zero attached hydrogens (tertiary/aromatic N) is 4. The van der Waals surface area contributed by atoms with Crippen molar-refractivity contribution in [3.05, 3.63) is 35.7 Å². The SMILES string of the molecule is O=C(NCCc1noc(C2CCCO2)n1)c1ccnnc1. The Morgan fingerprint density at radius 3 is 3.14 bits per heavy atom. The minimum atomic E-state index is -0.201. The lowest BCUT2D eigenvalue weighted by molar-refractivity contribution is 0.0835. The second-order valence-electron chi connectivity index (χ2n) is 4.69. The van der Waals surface area contributed by atoms with E-state index in [1.54, 1.807) is 6.07 Å². The Balaban J connectivity index is 1.48. The molecular weight excluding hydrogens is 274 g/mol. The maximum absolute atomic E-state index is 11.8. The first-order valence-corrected chi connectivity index (χ1v) is 6.82. The summed E-state index contributed by atoms with van der Waals surface area (Å²) in [6.07, 6.45) is 5.23. The van der Waals surface area contributed by atoms with Crippen molar-refractivity contribution in [2.45, 2.75) is 25.4 Å². The molecule has 0 saturated carbocycles. The fourth-order valence-corrected chi connectivity index (χ4v) is 2.09. The quantitative estimate of drug-likeness (QED) is 0.863. The summed E-state index contributed by atoms with van der Waals surface area (Å²) in [6, 6.07) is 1.60. The van der Waals surface area contributed by atoms with Crippen LogP contribution < -0.4 is 5.32 Å². The van der Waals surface area contributed by atoms with E-state index in [9.17, 15) is 4.79 Å². The fourth-order valence-electron chi connectivity index (χ4n) is 2.09. The molecule has 1 N–H and O–H groups in total. The van der Waals surface area contributed by atoms with Crippen molar-refractivity contribution >= 4 is 5.91 Å². The van der Waals surface area contributed by atoms with E-state index in [1.165, 1.54) is 12.4 Å². The predicted molar refractivity (Wildman–Crippen MR) is 70.3 cm³/mol. The first-order valence-electron chi connectivity index (χ1n) is 6.82. The molecule has 2 aromatic heterocycles. The van der Waals surface area contributed by atoms with Gasteiger partial charge in [-0.15, -0.1) is 0 Å². The van der Waals surface area contributed by atoms with Crippen LogP contribution in [-0.4, -0.2) is 39.4 Å². The number of ether oxygens (including phenoxy) is 1. The molecule has 1 aliphatic heterocycles. The van der Waals surface area contributed by atoms with E-state index in [-0.39, 0.29) is 12.0 Å². The average Bonchev–Trinajstić information content (AvgIpc) is 3.19. The van der Waals surface area contributed by atoms with Gasteiger partial charge >= 0.3 is 0 Å². The lowest BCUT2D eigenvalue weighted by Crippen LogP contribution is -2.26. The second kappa shape index (κ2) is 6.40. The highest BCUT2D eigenvalue weighted by molar-refractivity contribution is 5.93. The van der Waals surface area contributed by atoms with Crippen molar-refractivity contribution in [2.24, 2.45) is 0 Å². The maximum Gasteiger partial charge on any atom is 0.255 e. The molecule has 0 radical (unpaired) electrons. The summed E-state index contributed by atoms with van der Waals surface area (Å²) in [4.78, 5) is 16.1. The van der Waals surface area contributed by atoms with Crippen LogP contribution in [-0.2, 0) is 11.2 Å². The summed E-state index contributed by atoms with van der Waals surface area (Å²) in [7, 11) is 0. The molecule has 1 atom stereocenters. The molecule has 1 saturated heterocycles. The third-order valence-electron chi connectivity index (χ3n) is 3.17. The van der Waals surface area contributed by atoms with Gasteiger partial charge in [-0.2, -0.15) is 15.2 Å². The smallest absolute Gasteiger partial charge is 0.255 e. The molecule has 110 valence electrons. The van der Waals surface area contributed by atoms with Crippen LogP contribution in [0.4, 0.5) is 0 Å². The van der Waals surface area contributed by atoms with Gasteiger partial charge in [-0.25, -0.2) is 0 Å². The number of carbonyl (C=O) groups is 1. The number of hydrogen-bond donors (Lipinski definition) is 1. The van der Waals surface area contributed by atoms with E-state index in [0.717, 1.165) is 19.4 Å². The molecule has 1 aliphatic rings. The Kier molecular flexibility index (Phi) is 4.15. The highest BCUT2D eigenvalue weighted by Crippen LogP contribution is 2.26. The predicted octanol–water partition coefficient (Wildman–Crippen LogP) is 0.684. The molecule has 8 nitrogen and oxygen atoms in total. The van der Waals surface area contributed by atoms with E-state index in [1.807, 2.05) is 0 Å². The van der Waals surface area contributed by atoms with Crippen molar-refractivity contribution in [1.29, 1.82) is 0 Å². The van der Waals surface area contributed by atoms with Gasteiger partial charge in [-0.05, 0) is 18.9 Å². The monoisotopic (exact) mass is 289 g/mol. The number of nitrogens with one attached hydrogen (secondary N) is 1. The van der Waals surface area contributed by atoms with Crippen LogP contribution in [0, 0.1) is 0 Å². The Morgan fingerprint density at radius 2 is 2.38 bits per heavy atom. The lowest BCUT2D eigenvalue weighted by atomic mass is 10.2. The molecule has 3 rings (SSSR count). The standard InChI is InChI=1S/C13H15N5O3/c19-12(9-3-6-15-16-8-9)14-5-4-11-17-13(21-18-11)10-2-1-7-20-10/h3,6,8,10H,1-2,4-5,7H2,(H,14,19). The first kappa shape index (κ1) is 13.6. The normalized spacial score (nSPS) is 17.8. The molecule has 3 heterocycles. The largest absolute Gasteiger partial charge is 0.368 e. The van der Waals surface area contributed by atoms with Crippen LogP contribution in [0.25, 0.3) is 0 Å². The summed E-state index contributed by atoms with van der Waals surface area (Å²) in [6.45, 7) is 1.16. The second-order valence-corrected chi connectivity index (χ2v) is 4.69. The number of aromatic nitrogens is 4. The number of carbonyl (C=O) groups excluding carboxylic acids is 1. The Morgan fingerprint density at radius 1 is 1.43 bits per heavy atom. The highest BCUT2D eigenvalue weighted by Gasteiger charge is 2.23. The summed E-state index contributed by atoms with van der Waals surface area (Å²) in [5.74, 6) is 0.883. The van der Waals surface area contributed by atoms with Gasteiger partial charge in [-0.1, -0.05) is 5.16 Å². The first-order chi connectivity index (χ1) is 10.3. The minimum absolute atomic E-state index is 0.0799. The zero-order chi connectivity index (χ0) is 14.5. The maximum atomic E-state index is 11.8. The van der Waals surface area contributed by atoms with Crippen LogP contribution in [0.2, 0.25) is 0 Å². The van der Waals surface area contributed by atoms with Crippen molar-refractivity contribution < 1.29 is 14.1 Å². The molecule has 1 amide bonds. The van der Waals surface area contributed by atoms with Gasteiger partial charge in [-0.3, -0.25) is 4.79 Å². The van der Waals surface area contributed by atoms with Crippen molar-refractivity contribution in [3.8, 4) is 0 Å². The molecule has 0 spiro atoms. The number of amides is 1. The molecule has 0 aromatic carbocycles. The van der Waals surface area contributed by atoms with E-state index in [2.05, 4.69) is 25.7 Å². The van der Waals surface area contributed by atoms with Gasteiger partial charge in [0.25, 0.3) is 11.8 Å². The molecule has 2 aromatic rings. The number of rotatable bonds is 5. The summed E-state index contributed by atoms with van der Waals surface area (Å²) in [5, 5.41) is 13.9. The van der Waals surface area contributed by atoms with Crippen molar-refractivity contribution in [2.75, 3.05) is 13.2 Å². The fraction of sp³-hybridized carbons (Fsp3) is 0.462. The topological polar surface area (TPSA) is 103 Å². The Labute approximate surface area is 120 Å². The van der Waals surface area contributed by atoms with E-state index < -0.39 is 0 Å². The minimum Gasteiger partial charge on any atom is -0.368 e. The Hall–Kier alpha value is -2.35. The van der Waals surface area contributed by atoms with Crippen LogP contribution in [0.5, 0.6) is 0 Å². The molecular formula is C13H15N5O3. The van der Waals surface area contributed by atoms with Crippen molar-refractivity contribution in [1.82, 2.24) is 25.7 Å². The van der Waals surface area contributed by atoms with Crippen LogP contribution in [0.3, 0.4) is 0 Å². The van der Waals surface area contributed by atoms with E-state index in [0.29, 0.717) is 30.2 Å². The van der Waals surface area contributed by atoms with Crippen molar-refractivity contribution in [3.63, 3.8) is 0 Å². The average molecular weight is 289 g/mol. The Bertz CT molecular complexity index is 595.